The highest BCUT2D eigenvalue weighted by atomic mass is 35.5. The van der Waals surface area contributed by atoms with E-state index in [1.165, 1.54) is 11.3 Å². The predicted octanol–water partition coefficient (Wildman–Crippen LogP) is 32.2. The number of nitrogen functional groups attached to an aromatic ring is 1. The average molecular weight is 2190 g/mol. The molecule has 0 spiro atoms. The van der Waals surface area contributed by atoms with E-state index >= 15 is 0 Å². The van der Waals surface area contributed by atoms with Gasteiger partial charge in [0.25, 0.3) is 0 Å². The third-order valence-electron chi connectivity index (χ3n) is 25.1. The van der Waals surface area contributed by atoms with Crippen LogP contribution < -0.4 is 70.2 Å². The number of aromatic nitrogens is 6. The molecule has 0 aliphatic rings. The van der Waals surface area contributed by atoms with Gasteiger partial charge in [0.1, 0.15) is 34.9 Å². The van der Waals surface area contributed by atoms with Crippen molar-refractivity contribution in [2.24, 2.45) is 0 Å². The Kier molecular flexibility index (Phi) is 31.4. The van der Waals surface area contributed by atoms with Gasteiger partial charge in [-0.15, -0.1) is 68.0 Å². The number of nitrogens with one attached hydrogen (secondary N) is 6. The quantitative estimate of drug-likeness (QED) is 0.0225. The van der Waals surface area contributed by atoms with Gasteiger partial charge in [-0.1, -0.05) is 236 Å². The molecule has 8 N–H and O–H groups in total. The molecule has 149 heavy (non-hydrogen) atoms. The van der Waals surface area contributed by atoms with Gasteiger partial charge >= 0.3 is 0 Å². The van der Waals surface area contributed by atoms with Crippen molar-refractivity contribution in [3.63, 3.8) is 0 Å². The van der Waals surface area contributed by atoms with Gasteiger partial charge in [-0.2, -0.15) is 0 Å². The van der Waals surface area contributed by atoms with Gasteiger partial charge in [0.2, 0.25) is 0 Å². The summed E-state index contributed by atoms with van der Waals surface area (Å²) in [6.07, 6.45) is 5.29. The van der Waals surface area contributed by atoms with Crippen LogP contribution in [0.2, 0.25) is 30.1 Å². The third-order valence-corrected chi connectivity index (χ3v) is 33.6. The van der Waals surface area contributed by atoms with E-state index in [1.54, 1.807) is 99.1 Å². The minimum atomic E-state index is -0.0495. The maximum atomic E-state index is 13.4. The van der Waals surface area contributed by atoms with E-state index in [1.807, 2.05) is 237 Å². The smallest absolute Gasteiger partial charge is 0.196 e. The molecule has 0 radical (unpaired) electrons. The Labute approximate surface area is 906 Å². The molecule has 12 heterocycles. The Bertz CT molecular complexity index is 10000. The second-order valence-corrected chi connectivity index (χ2v) is 44.1. The Morgan fingerprint density at radius 1 is 0.242 bits per heavy atom. The summed E-state index contributed by atoms with van der Waals surface area (Å²) in [5, 5.41) is 37.1. The fraction of sp³-hybridized carbons (Fsp3) is 0.136. The molecular formula is C118H91Cl6N13O6S6. The van der Waals surface area contributed by atoms with Crippen molar-refractivity contribution < 1.29 is 0 Å². The summed E-state index contributed by atoms with van der Waals surface area (Å²) in [6, 6.07) is 89.3. The van der Waals surface area contributed by atoms with E-state index < -0.39 is 0 Å². The van der Waals surface area contributed by atoms with Crippen LogP contribution in [0.1, 0.15) is 65.4 Å². The Morgan fingerprint density at radius 3 is 0.779 bits per heavy atom. The molecule has 0 aliphatic carbocycles. The summed E-state index contributed by atoms with van der Waals surface area (Å²) < 4.78 is 10.7. The lowest BCUT2D eigenvalue weighted by molar-refractivity contribution is 0.651. The summed E-state index contributed by atoms with van der Waals surface area (Å²) in [4.78, 5) is 107. The second kappa shape index (κ2) is 45.7. The molecule has 25 aromatic rings. The first-order valence-electron chi connectivity index (χ1n) is 48.5. The average Bonchev–Trinajstić information content (AvgIpc) is 0.764. The number of unbranched alkanes of at least 4 members (excludes halogenated alkanes) is 1. The largest absolute Gasteiger partial charge is 0.382 e. The Morgan fingerprint density at radius 2 is 0.490 bits per heavy atom. The molecule has 31 heteroatoms. The van der Waals surface area contributed by atoms with Crippen molar-refractivity contribution in [1.82, 2.24) is 35.2 Å². The molecule has 0 unspecified atom stereocenters. The van der Waals surface area contributed by atoms with E-state index in [9.17, 15) is 28.8 Å². The van der Waals surface area contributed by atoms with E-state index in [2.05, 4.69) is 69.8 Å². The van der Waals surface area contributed by atoms with Crippen LogP contribution in [0.25, 0.3) is 186 Å². The molecule has 0 atom stereocenters. The number of para-hydroxylation sites is 6. The van der Waals surface area contributed by atoms with Crippen LogP contribution in [-0.2, 0) is 6.54 Å². The summed E-state index contributed by atoms with van der Waals surface area (Å²) >= 11 is 46.0. The fourth-order valence-electron chi connectivity index (χ4n) is 18.1. The number of nitrogens with two attached hydrogens (primary N) is 1. The zero-order valence-corrected chi connectivity index (χ0v) is 90.0. The molecule has 0 bridgehead atoms. The Balaban J connectivity index is 0.000000109. The number of hydrogen-bond donors (Lipinski definition) is 7. The minimum absolute atomic E-state index is 0.00684. The molecule has 742 valence electrons. The van der Waals surface area contributed by atoms with E-state index in [-0.39, 0.29) is 32.6 Å². The van der Waals surface area contributed by atoms with Gasteiger partial charge in [-0.3, -0.25) is 28.8 Å². The minimum Gasteiger partial charge on any atom is -0.382 e. The van der Waals surface area contributed by atoms with E-state index in [4.69, 9.17) is 100 Å². The fourth-order valence-corrected chi connectivity index (χ4v) is 25.9. The molecule has 0 saturated carbocycles. The van der Waals surface area contributed by atoms with Gasteiger partial charge in [-0.05, 0) is 197 Å². The van der Waals surface area contributed by atoms with Gasteiger partial charge < -0.3 is 37.6 Å². The lowest BCUT2D eigenvalue weighted by Gasteiger charge is -2.12. The number of pyridine rings is 6. The van der Waals surface area contributed by atoms with Crippen LogP contribution in [-0.4, -0.2) is 69.2 Å². The first-order valence-corrected chi connectivity index (χ1v) is 55.7. The van der Waals surface area contributed by atoms with Crippen molar-refractivity contribution in [3.8, 4) is 0 Å². The number of fused-ring (bicyclic) bond motifs is 24. The number of hydrogen-bond acceptors (Lipinski definition) is 25. The number of nitrogens with zero attached hydrogens (tertiary/aromatic N) is 6. The van der Waals surface area contributed by atoms with Crippen LogP contribution in [0.5, 0.6) is 0 Å². The van der Waals surface area contributed by atoms with Gasteiger partial charge in [-0.25, -0.2) is 29.9 Å². The van der Waals surface area contributed by atoms with E-state index in [0.29, 0.717) is 91.0 Å². The Hall–Kier alpha value is -13.8. The van der Waals surface area contributed by atoms with Crippen molar-refractivity contribution in [2.45, 2.75) is 66.3 Å². The number of benzene rings is 13. The zero-order chi connectivity index (χ0) is 103. The maximum absolute atomic E-state index is 13.4. The van der Waals surface area contributed by atoms with Crippen LogP contribution in [0.15, 0.2) is 314 Å². The standard InChI is InChI=1S/C23H15ClN2OS.C22H22ClN3OS.C20H17ClN2OS.C19H15ClN2OS.C18H13ClN2OS.C16H9ClN2OS/c24-15-10-11-19-17(12-15)21(27)20-16-8-4-5-9-18(16)26-23(22(20)28-19)25-13-14-6-2-1-3-7-14;1-2-10-24-11-5-12-25-22-21-19(15-6-3-4-7-17(15)26-22)20(27)16-13-14(23)8-9-18(16)28-21;1-2-3-10-22-20-19-17(13-6-4-5-7-15(13)23-20)18(24)14-11-12(21)8-9-16(14)25-19;1-2-9-21-19-18-16(12-5-3-4-6-14(12)22-19)17(23)13-10-11(20)7-8-15(13)24-18;1-2-20-18-17-15(11-5-3-4-6-13(11)21-18)16(22)12-9-10(19)7-8-14(12)23-17;17-8-5-6-12-10(7-8)14(20)13-9-3-1-2-4-11(9)19-16(18)15(13)21-12/h1-12H,13H2,(H,25,26);3-4,6-9,13,24H,2,5,10-12H2,1H3,(H,25,26);4-9,11H,2-3,10H2,1H3,(H,22,23);3-8,10H,2,9H2,1H3,(H,21,22);3-9H,2H2,1H3,(H,20,21);1-7H,(H2,18,19). The summed E-state index contributed by atoms with van der Waals surface area (Å²) in [5.74, 6) is 4.24. The SMILES string of the molecule is CCCCNc1nc2ccccc2c2c(=O)c3cc(Cl)ccc3sc12.CCCNCCCNc1nc2ccccc2c2c(=O)c3cc(Cl)ccc3sc12.CCCNc1nc2ccccc2c2c(=O)c3cc(Cl)ccc3sc12.CCNc1nc2ccccc2c2c(=O)c3cc(Cl)ccc3sc12.Nc1nc2ccccc2c2c(=O)c3cc(Cl)ccc3sc12.O=c1c2cc(Cl)ccc2sc2c(NCc3ccccc3)nc3ccccc3c12. The summed E-state index contributed by atoms with van der Waals surface area (Å²) in [6.45, 7) is 14.3. The second-order valence-electron chi connectivity index (χ2n) is 35.2. The number of anilines is 6. The first kappa shape index (κ1) is 102. The molecule has 25 rings (SSSR count). The molecule has 0 amide bonds. The topological polar surface area (TPSA) is 278 Å². The van der Waals surface area contributed by atoms with Gasteiger partial charge in [0.15, 0.2) is 32.6 Å². The normalized spacial score (nSPS) is 11.4. The van der Waals surface area contributed by atoms with Crippen molar-refractivity contribution in [1.29, 1.82) is 0 Å². The van der Waals surface area contributed by atoms with Gasteiger partial charge in [0.05, 0.1) is 93.6 Å². The van der Waals surface area contributed by atoms with Crippen molar-refractivity contribution in [3.05, 3.63) is 382 Å². The number of halogens is 6. The van der Waals surface area contributed by atoms with Crippen LogP contribution in [0.4, 0.5) is 34.9 Å². The first-order chi connectivity index (χ1) is 72.6. The lowest BCUT2D eigenvalue weighted by atomic mass is 10.1. The van der Waals surface area contributed by atoms with Crippen LogP contribution in [0, 0.1) is 0 Å². The zero-order valence-electron chi connectivity index (χ0n) is 80.5. The summed E-state index contributed by atoms with van der Waals surface area (Å²) in [7, 11) is 0. The molecule has 0 saturated heterocycles. The highest BCUT2D eigenvalue weighted by molar-refractivity contribution is 7.27. The lowest BCUT2D eigenvalue weighted by Crippen LogP contribution is -2.19. The molecule has 0 aliphatic heterocycles. The van der Waals surface area contributed by atoms with Gasteiger partial charge in [0, 0.05) is 156 Å². The van der Waals surface area contributed by atoms with Crippen molar-refractivity contribution >= 4 is 359 Å². The molecule has 19 nitrogen and oxygen atoms in total. The molecule has 0 fully saturated rings. The molecule has 13 aromatic carbocycles. The monoisotopic (exact) mass is 2190 g/mol. The number of rotatable bonds is 19. The maximum Gasteiger partial charge on any atom is 0.196 e. The highest BCUT2D eigenvalue weighted by Gasteiger charge is 2.24. The van der Waals surface area contributed by atoms with Crippen LogP contribution in [0.3, 0.4) is 0 Å². The molecular weight excluding hydrogens is 2100 g/mol. The highest BCUT2D eigenvalue weighted by Crippen LogP contribution is 2.43. The molecule has 12 aromatic heterocycles. The third kappa shape index (κ3) is 21.4. The predicted molar refractivity (Wildman–Crippen MR) is 646 cm³/mol. The van der Waals surface area contributed by atoms with Crippen molar-refractivity contribution in [2.75, 3.05) is 71.6 Å². The summed E-state index contributed by atoms with van der Waals surface area (Å²) in [5.41, 5.74) is 12.0. The van der Waals surface area contributed by atoms with Crippen LogP contribution >= 0.6 is 138 Å². The van der Waals surface area contributed by atoms with E-state index in [0.717, 1.165) is 244 Å².